The molecule has 1 aromatic rings. The molecular weight excluding hydrogens is 308 g/mol. The highest BCUT2D eigenvalue weighted by Gasteiger charge is 2.34. The molecule has 2 atom stereocenters. The summed E-state index contributed by atoms with van der Waals surface area (Å²) in [4.78, 5) is 29.4. The second-order valence-electron chi connectivity index (χ2n) is 6.15. The zero-order valence-electron chi connectivity index (χ0n) is 14.3. The fourth-order valence-corrected chi connectivity index (χ4v) is 2.54. The molecule has 1 amide bonds. The molecule has 0 radical (unpaired) electrons. The summed E-state index contributed by atoms with van der Waals surface area (Å²) in [5.74, 6) is -0.229. The average Bonchev–Trinajstić information content (AvgIpc) is 3.05. The molecular formula is C18H24N2O4. The summed E-state index contributed by atoms with van der Waals surface area (Å²) in [5.41, 5.74) is 1.26. The molecule has 1 aliphatic heterocycles. The summed E-state index contributed by atoms with van der Waals surface area (Å²) >= 11 is 0. The zero-order valence-corrected chi connectivity index (χ0v) is 14.3. The summed E-state index contributed by atoms with van der Waals surface area (Å²) < 4.78 is 4.96. The van der Waals surface area contributed by atoms with E-state index >= 15 is 0 Å². The van der Waals surface area contributed by atoms with Crippen LogP contribution in [0, 0.1) is 5.92 Å². The van der Waals surface area contributed by atoms with Crippen LogP contribution >= 0.6 is 0 Å². The van der Waals surface area contributed by atoms with Gasteiger partial charge in [-0.05, 0) is 31.4 Å². The lowest BCUT2D eigenvalue weighted by Gasteiger charge is -2.20. The van der Waals surface area contributed by atoms with Gasteiger partial charge in [0, 0.05) is 12.0 Å². The Kier molecular flexibility index (Phi) is 6.35. The van der Waals surface area contributed by atoms with Crippen molar-refractivity contribution in [3.05, 3.63) is 35.9 Å². The van der Waals surface area contributed by atoms with Crippen molar-refractivity contribution in [3.8, 4) is 0 Å². The molecule has 0 spiro atoms. The van der Waals surface area contributed by atoms with E-state index in [9.17, 15) is 9.59 Å². The Balaban J connectivity index is 2.04. The molecule has 2 unspecified atom stereocenters. The molecule has 1 heterocycles. The first-order valence-corrected chi connectivity index (χ1v) is 8.26. The SMILES string of the molecule is CCOC(=O)C1CC(C(CC(C)C)NC(=O)c2ccccc2)=NO1. The number of esters is 1. The Morgan fingerprint density at radius 1 is 1.33 bits per heavy atom. The maximum Gasteiger partial charge on any atom is 0.350 e. The van der Waals surface area contributed by atoms with Gasteiger partial charge in [-0.1, -0.05) is 37.2 Å². The van der Waals surface area contributed by atoms with E-state index in [0.29, 0.717) is 30.2 Å². The molecule has 1 N–H and O–H groups in total. The summed E-state index contributed by atoms with van der Waals surface area (Å²) in [6.45, 7) is 6.19. The molecule has 0 aliphatic carbocycles. The van der Waals surface area contributed by atoms with E-state index < -0.39 is 12.1 Å². The van der Waals surface area contributed by atoms with E-state index in [-0.39, 0.29) is 11.9 Å². The highest BCUT2D eigenvalue weighted by atomic mass is 16.7. The smallest absolute Gasteiger partial charge is 0.350 e. The minimum atomic E-state index is -0.719. The summed E-state index contributed by atoms with van der Waals surface area (Å²) in [6.07, 6.45) is 0.338. The van der Waals surface area contributed by atoms with Gasteiger partial charge in [-0.2, -0.15) is 0 Å². The normalized spacial score (nSPS) is 17.8. The number of carbonyl (C=O) groups excluding carboxylic acids is 2. The molecule has 1 aromatic carbocycles. The van der Waals surface area contributed by atoms with Crippen LogP contribution in [0.5, 0.6) is 0 Å². The van der Waals surface area contributed by atoms with Gasteiger partial charge >= 0.3 is 5.97 Å². The lowest BCUT2D eigenvalue weighted by Crippen LogP contribution is -2.42. The van der Waals surface area contributed by atoms with Crippen LogP contribution in [0.2, 0.25) is 0 Å². The molecule has 24 heavy (non-hydrogen) atoms. The minimum Gasteiger partial charge on any atom is -0.463 e. The van der Waals surface area contributed by atoms with Gasteiger partial charge < -0.3 is 14.9 Å². The quantitative estimate of drug-likeness (QED) is 0.779. The number of benzene rings is 1. The fourth-order valence-electron chi connectivity index (χ4n) is 2.54. The Hall–Kier alpha value is -2.37. The van der Waals surface area contributed by atoms with Crippen molar-refractivity contribution >= 4 is 17.6 Å². The van der Waals surface area contributed by atoms with Crippen molar-refractivity contribution in [2.75, 3.05) is 6.61 Å². The van der Waals surface area contributed by atoms with Gasteiger partial charge in [-0.3, -0.25) is 4.79 Å². The van der Waals surface area contributed by atoms with Crippen LogP contribution in [-0.4, -0.2) is 36.3 Å². The standard InChI is InChI=1S/C18H24N2O4/c1-4-23-18(22)16-11-15(20-24-16)14(10-12(2)3)19-17(21)13-8-6-5-7-9-13/h5-9,12,14,16H,4,10-11H2,1-3H3,(H,19,21). The number of ether oxygens (including phenoxy) is 1. The molecule has 0 bridgehead atoms. The van der Waals surface area contributed by atoms with Gasteiger partial charge in [-0.15, -0.1) is 0 Å². The Morgan fingerprint density at radius 3 is 2.67 bits per heavy atom. The molecule has 6 nitrogen and oxygen atoms in total. The molecule has 2 rings (SSSR count). The van der Waals surface area contributed by atoms with Crippen molar-refractivity contribution in [2.24, 2.45) is 11.1 Å². The number of amides is 1. The van der Waals surface area contributed by atoms with Crippen molar-refractivity contribution in [1.29, 1.82) is 0 Å². The Labute approximate surface area is 142 Å². The van der Waals surface area contributed by atoms with Crippen molar-refractivity contribution in [3.63, 3.8) is 0 Å². The Bertz CT molecular complexity index is 598. The van der Waals surface area contributed by atoms with Gasteiger partial charge in [-0.25, -0.2) is 4.79 Å². The maximum atomic E-state index is 12.4. The molecule has 1 aliphatic rings. The summed E-state index contributed by atoms with van der Waals surface area (Å²) in [5, 5.41) is 7.02. The van der Waals surface area contributed by atoms with E-state index in [2.05, 4.69) is 24.3 Å². The third-order valence-corrected chi connectivity index (χ3v) is 3.69. The second-order valence-corrected chi connectivity index (χ2v) is 6.15. The number of carbonyl (C=O) groups is 2. The van der Waals surface area contributed by atoms with Crippen LogP contribution in [0.1, 0.15) is 44.0 Å². The Morgan fingerprint density at radius 2 is 2.04 bits per heavy atom. The van der Waals surface area contributed by atoms with Gasteiger partial charge in [0.2, 0.25) is 6.10 Å². The molecule has 0 saturated carbocycles. The third kappa shape index (κ3) is 4.81. The molecule has 6 heteroatoms. The van der Waals surface area contributed by atoms with Crippen LogP contribution in [0.15, 0.2) is 35.5 Å². The van der Waals surface area contributed by atoms with Crippen LogP contribution < -0.4 is 5.32 Å². The van der Waals surface area contributed by atoms with Crippen molar-refractivity contribution < 1.29 is 19.2 Å². The van der Waals surface area contributed by atoms with E-state index in [1.165, 1.54) is 0 Å². The topological polar surface area (TPSA) is 77.0 Å². The highest BCUT2D eigenvalue weighted by molar-refractivity contribution is 6.00. The monoisotopic (exact) mass is 332 g/mol. The number of nitrogens with one attached hydrogen (secondary N) is 1. The third-order valence-electron chi connectivity index (χ3n) is 3.69. The van der Waals surface area contributed by atoms with Gasteiger partial charge in [0.15, 0.2) is 0 Å². The molecule has 0 fully saturated rings. The van der Waals surface area contributed by atoms with Gasteiger partial charge in [0.05, 0.1) is 18.4 Å². The number of nitrogens with zero attached hydrogens (tertiary/aromatic N) is 1. The molecule has 130 valence electrons. The first-order chi connectivity index (χ1) is 11.5. The largest absolute Gasteiger partial charge is 0.463 e. The average molecular weight is 332 g/mol. The van der Waals surface area contributed by atoms with Crippen LogP contribution in [0.4, 0.5) is 0 Å². The van der Waals surface area contributed by atoms with Crippen LogP contribution in [0.3, 0.4) is 0 Å². The van der Waals surface area contributed by atoms with Crippen LogP contribution in [0.25, 0.3) is 0 Å². The van der Waals surface area contributed by atoms with E-state index in [0.717, 1.165) is 6.42 Å². The van der Waals surface area contributed by atoms with Gasteiger partial charge in [0.1, 0.15) is 0 Å². The maximum absolute atomic E-state index is 12.4. The van der Waals surface area contributed by atoms with E-state index in [4.69, 9.17) is 9.57 Å². The minimum absolute atomic E-state index is 0.163. The van der Waals surface area contributed by atoms with Crippen LogP contribution in [-0.2, 0) is 14.4 Å². The highest BCUT2D eigenvalue weighted by Crippen LogP contribution is 2.18. The van der Waals surface area contributed by atoms with Gasteiger partial charge in [0.25, 0.3) is 5.91 Å². The zero-order chi connectivity index (χ0) is 17.5. The summed E-state index contributed by atoms with van der Waals surface area (Å²) in [7, 11) is 0. The van der Waals surface area contributed by atoms with Crippen molar-refractivity contribution in [1.82, 2.24) is 5.32 Å². The lowest BCUT2D eigenvalue weighted by atomic mass is 9.96. The number of hydrogen-bond acceptors (Lipinski definition) is 5. The fraction of sp³-hybridized carbons (Fsp3) is 0.500. The predicted molar refractivity (Wildman–Crippen MR) is 90.7 cm³/mol. The summed E-state index contributed by atoms with van der Waals surface area (Å²) in [6, 6.07) is 8.75. The number of oxime groups is 1. The number of rotatable bonds is 7. The van der Waals surface area contributed by atoms with Crippen molar-refractivity contribution in [2.45, 2.75) is 45.8 Å². The number of hydrogen-bond donors (Lipinski definition) is 1. The molecule has 0 aromatic heterocycles. The first kappa shape index (κ1) is 18.0. The first-order valence-electron chi connectivity index (χ1n) is 8.26. The van der Waals surface area contributed by atoms with E-state index in [1.807, 2.05) is 18.2 Å². The van der Waals surface area contributed by atoms with E-state index in [1.54, 1.807) is 19.1 Å². The molecule has 0 saturated heterocycles. The second kappa shape index (κ2) is 8.47. The lowest BCUT2D eigenvalue weighted by molar-refractivity contribution is -0.154. The predicted octanol–water partition coefficient (Wildman–Crippen LogP) is 2.54.